The second-order valence-electron chi connectivity index (χ2n) is 5.58. The minimum absolute atomic E-state index is 0.0985. The van der Waals surface area contributed by atoms with E-state index < -0.39 is 11.3 Å². The molecule has 5 heteroatoms. The summed E-state index contributed by atoms with van der Waals surface area (Å²) < 4.78 is 5.28. The van der Waals surface area contributed by atoms with E-state index in [9.17, 15) is 9.90 Å². The van der Waals surface area contributed by atoms with Crippen LogP contribution in [0.5, 0.6) is 0 Å². The maximum Gasteiger partial charge on any atom is 0.410 e. The summed E-state index contributed by atoms with van der Waals surface area (Å²) in [4.78, 5) is 13.4. The number of piperidine rings is 1. The Morgan fingerprint density at radius 2 is 2.12 bits per heavy atom. The monoisotopic (exact) mass is 230 g/mol. The number of carbonyl (C=O) groups excluding carboxylic acids is 1. The summed E-state index contributed by atoms with van der Waals surface area (Å²) in [6.07, 6.45) is 0.429. The third-order valence-electron chi connectivity index (χ3n) is 2.59. The molecule has 1 rings (SSSR count). The van der Waals surface area contributed by atoms with Gasteiger partial charge in [-0.25, -0.2) is 4.79 Å². The van der Waals surface area contributed by atoms with E-state index in [4.69, 9.17) is 10.5 Å². The summed E-state index contributed by atoms with van der Waals surface area (Å²) in [5.74, 6) is 0. The van der Waals surface area contributed by atoms with Crippen molar-refractivity contribution >= 4 is 6.09 Å². The van der Waals surface area contributed by atoms with Crippen LogP contribution in [-0.2, 0) is 4.74 Å². The Morgan fingerprint density at radius 3 is 2.56 bits per heavy atom. The minimum Gasteiger partial charge on any atom is -0.444 e. The number of amides is 1. The van der Waals surface area contributed by atoms with E-state index in [1.165, 1.54) is 0 Å². The summed E-state index contributed by atoms with van der Waals surface area (Å²) in [5.41, 5.74) is 3.99. The van der Waals surface area contributed by atoms with Crippen molar-refractivity contribution in [2.24, 2.45) is 5.73 Å². The molecular weight excluding hydrogens is 208 g/mol. The highest BCUT2D eigenvalue weighted by atomic mass is 16.6. The summed E-state index contributed by atoms with van der Waals surface area (Å²) in [6, 6.07) is -0.0985. The largest absolute Gasteiger partial charge is 0.444 e. The summed E-state index contributed by atoms with van der Waals surface area (Å²) >= 11 is 0. The lowest BCUT2D eigenvalue weighted by molar-refractivity contribution is -0.0470. The molecule has 1 fully saturated rings. The average Bonchev–Trinajstić information content (AvgIpc) is 1.97. The quantitative estimate of drug-likeness (QED) is 0.610. The smallest absolute Gasteiger partial charge is 0.410 e. The Labute approximate surface area is 96.6 Å². The van der Waals surface area contributed by atoms with Gasteiger partial charge in [-0.15, -0.1) is 0 Å². The zero-order valence-corrected chi connectivity index (χ0v) is 10.5. The van der Waals surface area contributed by atoms with Gasteiger partial charge in [-0.05, 0) is 27.7 Å². The van der Waals surface area contributed by atoms with Gasteiger partial charge in [0.2, 0.25) is 0 Å². The predicted molar refractivity (Wildman–Crippen MR) is 60.8 cm³/mol. The topological polar surface area (TPSA) is 75.8 Å². The van der Waals surface area contributed by atoms with Crippen LogP contribution in [0.4, 0.5) is 4.79 Å². The number of nitrogens with two attached hydrogens (primary N) is 1. The highest BCUT2D eigenvalue weighted by Gasteiger charge is 2.36. The maximum absolute atomic E-state index is 11.8. The van der Waals surface area contributed by atoms with E-state index in [0.29, 0.717) is 19.4 Å². The Balaban J connectivity index is 2.59. The van der Waals surface area contributed by atoms with Crippen molar-refractivity contribution in [2.45, 2.75) is 57.9 Å². The molecule has 1 aliphatic heterocycles. The highest BCUT2D eigenvalue weighted by Crippen LogP contribution is 2.24. The molecule has 0 bridgehead atoms. The number of carbonyl (C=O) groups is 1. The molecule has 5 nitrogen and oxygen atoms in total. The van der Waals surface area contributed by atoms with Gasteiger partial charge in [0.1, 0.15) is 11.3 Å². The number of ether oxygens (including phenoxy) is 1. The molecule has 2 atom stereocenters. The number of likely N-dealkylation sites (tertiary alicyclic amines) is 1. The first kappa shape index (κ1) is 13.3. The van der Waals surface area contributed by atoms with Crippen molar-refractivity contribution in [1.29, 1.82) is 0 Å². The average molecular weight is 230 g/mol. The van der Waals surface area contributed by atoms with Gasteiger partial charge in [-0.2, -0.15) is 0 Å². The van der Waals surface area contributed by atoms with Gasteiger partial charge in [-0.1, -0.05) is 0 Å². The number of aliphatic hydroxyl groups is 1. The van der Waals surface area contributed by atoms with Gasteiger partial charge < -0.3 is 20.5 Å². The predicted octanol–water partition coefficient (Wildman–Crippen LogP) is 1.05. The van der Waals surface area contributed by atoms with Crippen LogP contribution in [0.3, 0.4) is 0 Å². The molecule has 0 aromatic heterocycles. The molecule has 3 N–H and O–H groups in total. The van der Waals surface area contributed by atoms with Crippen LogP contribution in [0.2, 0.25) is 0 Å². The standard InChI is InChI=1S/C11H22N2O3/c1-8-7-11(12,15)5-6-13(8)9(14)16-10(2,3)4/h8,15H,5-7,12H2,1-4H3. The molecular formula is C11H22N2O3. The Hall–Kier alpha value is -0.810. The van der Waals surface area contributed by atoms with Gasteiger partial charge in [-0.3, -0.25) is 0 Å². The fourth-order valence-electron chi connectivity index (χ4n) is 1.85. The summed E-state index contributed by atoms with van der Waals surface area (Å²) in [7, 11) is 0. The normalized spacial score (nSPS) is 31.4. The summed E-state index contributed by atoms with van der Waals surface area (Å²) in [6.45, 7) is 7.79. The number of nitrogens with zero attached hydrogens (tertiary/aromatic N) is 1. The van der Waals surface area contributed by atoms with Gasteiger partial charge in [0.25, 0.3) is 0 Å². The molecule has 1 aliphatic rings. The van der Waals surface area contributed by atoms with Crippen molar-refractivity contribution in [1.82, 2.24) is 4.90 Å². The fraction of sp³-hybridized carbons (Fsp3) is 0.909. The molecule has 0 aliphatic carbocycles. The summed E-state index contributed by atoms with van der Waals surface area (Å²) in [5, 5.41) is 9.68. The maximum atomic E-state index is 11.8. The highest BCUT2D eigenvalue weighted by molar-refractivity contribution is 5.68. The number of hydrogen-bond donors (Lipinski definition) is 2. The van der Waals surface area contributed by atoms with Crippen molar-refractivity contribution in [2.75, 3.05) is 6.54 Å². The zero-order valence-electron chi connectivity index (χ0n) is 10.5. The van der Waals surface area contributed by atoms with Crippen LogP contribution in [-0.4, -0.2) is 40.0 Å². The first-order chi connectivity index (χ1) is 7.11. The van der Waals surface area contributed by atoms with E-state index in [-0.39, 0.29) is 12.1 Å². The molecule has 0 aromatic rings. The molecule has 0 radical (unpaired) electrons. The Bertz CT molecular complexity index is 271. The van der Waals surface area contributed by atoms with Crippen LogP contribution < -0.4 is 5.73 Å². The van der Waals surface area contributed by atoms with Gasteiger partial charge in [0.15, 0.2) is 0 Å². The fourth-order valence-corrected chi connectivity index (χ4v) is 1.85. The van der Waals surface area contributed by atoms with Crippen LogP contribution in [0.15, 0.2) is 0 Å². The van der Waals surface area contributed by atoms with Gasteiger partial charge in [0.05, 0.1) is 0 Å². The first-order valence-corrected chi connectivity index (χ1v) is 5.62. The third kappa shape index (κ3) is 3.64. The second kappa shape index (κ2) is 4.22. The lowest BCUT2D eigenvalue weighted by Gasteiger charge is -2.40. The minimum atomic E-state index is -1.15. The van der Waals surface area contributed by atoms with Crippen LogP contribution >= 0.6 is 0 Å². The third-order valence-corrected chi connectivity index (χ3v) is 2.59. The molecule has 0 spiro atoms. The molecule has 1 saturated heterocycles. The molecule has 94 valence electrons. The Kier molecular flexibility index (Phi) is 3.50. The number of hydrogen-bond acceptors (Lipinski definition) is 4. The molecule has 1 amide bonds. The van der Waals surface area contributed by atoms with E-state index in [1.54, 1.807) is 4.90 Å². The molecule has 0 saturated carbocycles. The second-order valence-corrected chi connectivity index (χ2v) is 5.58. The van der Waals surface area contributed by atoms with Crippen LogP contribution in [0.1, 0.15) is 40.5 Å². The lowest BCUT2D eigenvalue weighted by Crippen LogP contribution is -2.56. The van der Waals surface area contributed by atoms with Crippen molar-refractivity contribution < 1.29 is 14.6 Å². The molecule has 2 unspecified atom stereocenters. The SMILES string of the molecule is CC1CC(N)(O)CCN1C(=O)OC(C)(C)C. The van der Waals surface area contributed by atoms with E-state index in [1.807, 2.05) is 27.7 Å². The lowest BCUT2D eigenvalue weighted by atomic mass is 9.96. The van der Waals surface area contributed by atoms with E-state index in [0.717, 1.165) is 0 Å². The van der Waals surface area contributed by atoms with Gasteiger partial charge >= 0.3 is 6.09 Å². The molecule has 0 aromatic carbocycles. The van der Waals surface area contributed by atoms with E-state index >= 15 is 0 Å². The zero-order chi connectivity index (χ0) is 12.6. The van der Waals surface area contributed by atoms with Crippen molar-refractivity contribution in [3.8, 4) is 0 Å². The molecule has 16 heavy (non-hydrogen) atoms. The van der Waals surface area contributed by atoms with Crippen molar-refractivity contribution in [3.63, 3.8) is 0 Å². The number of rotatable bonds is 0. The van der Waals surface area contributed by atoms with Crippen molar-refractivity contribution in [3.05, 3.63) is 0 Å². The first-order valence-electron chi connectivity index (χ1n) is 5.62. The Morgan fingerprint density at radius 1 is 1.56 bits per heavy atom. The van der Waals surface area contributed by atoms with Crippen LogP contribution in [0, 0.1) is 0 Å². The molecule has 1 heterocycles. The van der Waals surface area contributed by atoms with Crippen LogP contribution in [0.25, 0.3) is 0 Å². The van der Waals surface area contributed by atoms with Gasteiger partial charge in [0, 0.05) is 25.4 Å². The van der Waals surface area contributed by atoms with E-state index in [2.05, 4.69) is 0 Å².